The van der Waals surface area contributed by atoms with Crippen molar-refractivity contribution in [3.63, 3.8) is 0 Å². The van der Waals surface area contributed by atoms with Crippen LogP contribution in [0, 0.1) is 13.8 Å². The zero-order valence-corrected chi connectivity index (χ0v) is 21.2. The molecule has 35 heavy (non-hydrogen) atoms. The molecule has 0 amide bonds. The lowest BCUT2D eigenvalue weighted by Gasteiger charge is -2.15. The average molecular weight is 546 g/mol. The van der Waals surface area contributed by atoms with Gasteiger partial charge >= 0.3 is 11.7 Å². The number of methoxy groups -OCH3 is 1. The first kappa shape index (κ1) is 25.9. The zero-order chi connectivity index (χ0) is 25.7. The van der Waals surface area contributed by atoms with E-state index in [0.717, 1.165) is 9.15 Å². The molecule has 0 radical (unpaired) electrons. The number of aromatic amines is 1. The standard InChI is InChI=1S/C24H24BrN3O7/c1-13-10-16(11-14(2)21(13)35-17-7-8-19(33-4)18(25)12-17)28-24(32)26-22(30)20(27-28)23(31)34-9-5-6-15(3)29/h7-8,10-12H,5-6,9H2,1-4H3,(H,26,30,32). The van der Waals surface area contributed by atoms with E-state index in [2.05, 4.69) is 26.0 Å². The molecule has 0 bridgehead atoms. The molecule has 0 saturated heterocycles. The number of esters is 1. The van der Waals surface area contributed by atoms with Gasteiger partial charge in [-0.1, -0.05) is 0 Å². The van der Waals surface area contributed by atoms with Gasteiger partial charge in [-0.3, -0.25) is 9.78 Å². The summed E-state index contributed by atoms with van der Waals surface area (Å²) in [6.45, 7) is 4.97. The number of Topliss-reactive ketones (excluding diaryl/α,β-unsaturated/α-hetero) is 1. The number of aryl methyl sites for hydroxylation is 2. The number of carbonyl (C=O) groups excluding carboxylic acids is 2. The number of carbonyl (C=O) groups is 2. The summed E-state index contributed by atoms with van der Waals surface area (Å²) in [5.41, 5.74) is -0.613. The Balaban J connectivity index is 1.89. The zero-order valence-electron chi connectivity index (χ0n) is 19.6. The Bertz CT molecular complexity index is 1370. The second-order valence-electron chi connectivity index (χ2n) is 7.77. The first-order valence-electron chi connectivity index (χ1n) is 10.6. The van der Waals surface area contributed by atoms with E-state index in [9.17, 15) is 19.2 Å². The molecule has 0 atom stereocenters. The number of nitrogens with zero attached hydrogens (tertiary/aromatic N) is 2. The molecule has 0 aliphatic carbocycles. The number of benzene rings is 2. The van der Waals surface area contributed by atoms with Gasteiger partial charge in [0.25, 0.3) is 5.56 Å². The predicted molar refractivity (Wildman–Crippen MR) is 131 cm³/mol. The molecule has 184 valence electrons. The van der Waals surface area contributed by atoms with Crippen LogP contribution in [0.1, 0.15) is 41.4 Å². The van der Waals surface area contributed by atoms with E-state index in [1.165, 1.54) is 6.92 Å². The van der Waals surface area contributed by atoms with Crippen molar-refractivity contribution in [2.45, 2.75) is 33.6 Å². The molecular weight excluding hydrogens is 522 g/mol. The van der Waals surface area contributed by atoms with Gasteiger partial charge in [-0.15, -0.1) is 0 Å². The quantitative estimate of drug-likeness (QED) is 0.318. The van der Waals surface area contributed by atoms with Crippen LogP contribution >= 0.6 is 15.9 Å². The van der Waals surface area contributed by atoms with Gasteiger partial charge in [0, 0.05) is 6.42 Å². The van der Waals surface area contributed by atoms with Gasteiger partial charge in [0.15, 0.2) is 0 Å². The summed E-state index contributed by atoms with van der Waals surface area (Å²) < 4.78 is 18.0. The first-order chi connectivity index (χ1) is 16.6. The monoisotopic (exact) mass is 545 g/mol. The second-order valence-corrected chi connectivity index (χ2v) is 8.62. The Morgan fingerprint density at radius 2 is 1.80 bits per heavy atom. The minimum Gasteiger partial charge on any atom is -0.496 e. The molecule has 0 aliphatic rings. The minimum atomic E-state index is -0.984. The third-order valence-electron chi connectivity index (χ3n) is 4.96. The first-order valence-corrected chi connectivity index (χ1v) is 11.4. The number of hydrogen-bond acceptors (Lipinski definition) is 8. The highest BCUT2D eigenvalue weighted by atomic mass is 79.9. The minimum absolute atomic E-state index is 0.0386. The van der Waals surface area contributed by atoms with Crippen molar-refractivity contribution < 1.29 is 23.8 Å². The Hall–Kier alpha value is -3.73. The highest BCUT2D eigenvalue weighted by molar-refractivity contribution is 9.10. The number of nitrogens with one attached hydrogen (secondary N) is 1. The fraction of sp³-hybridized carbons (Fsp3) is 0.292. The van der Waals surface area contributed by atoms with Crippen LogP contribution in [0.5, 0.6) is 17.2 Å². The van der Waals surface area contributed by atoms with Crippen molar-refractivity contribution >= 4 is 27.7 Å². The van der Waals surface area contributed by atoms with Gasteiger partial charge in [-0.2, -0.15) is 9.78 Å². The molecule has 0 saturated carbocycles. The Morgan fingerprint density at radius 3 is 2.40 bits per heavy atom. The molecule has 10 nitrogen and oxygen atoms in total. The van der Waals surface area contributed by atoms with Gasteiger partial charge in [0.1, 0.15) is 23.0 Å². The van der Waals surface area contributed by atoms with Gasteiger partial charge in [-0.05, 0) is 84.6 Å². The molecule has 3 rings (SSSR count). The summed E-state index contributed by atoms with van der Waals surface area (Å²) in [4.78, 5) is 50.0. The predicted octanol–water partition coefficient (Wildman–Crippen LogP) is 3.63. The number of hydrogen-bond donors (Lipinski definition) is 1. The Labute approximate surface area is 209 Å². The van der Waals surface area contributed by atoms with E-state index in [1.54, 1.807) is 51.3 Å². The summed E-state index contributed by atoms with van der Waals surface area (Å²) in [7, 11) is 1.57. The fourth-order valence-corrected chi connectivity index (χ4v) is 3.82. The van der Waals surface area contributed by atoms with Gasteiger partial charge in [-0.25, -0.2) is 9.59 Å². The van der Waals surface area contributed by atoms with Crippen LogP contribution < -0.4 is 20.7 Å². The van der Waals surface area contributed by atoms with E-state index in [4.69, 9.17) is 14.2 Å². The molecular formula is C24H24BrN3O7. The molecule has 0 spiro atoms. The third kappa shape index (κ3) is 6.24. The normalized spacial score (nSPS) is 10.7. The third-order valence-corrected chi connectivity index (χ3v) is 5.58. The van der Waals surface area contributed by atoms with Gasteiger partial charge in [0.05, 0.1) is 23.9 Å². The molecule has 1 aromatic heterocycles. The van der Waals surface area contributed by atoms with E-state index in [1.807, 2.05) is 0 Å². The lowest BCUT2D eigenvalue weighted by atomic mass is 10.1. The fourth-order valence-electron chi connectivity index (χ4n) is 3.30. The Morgan fingerprint density at radius 1 is 1.11 bits per heavy atom. The van der Waals surface area contributed by atoms with Crippen molar-refractivity contribution in [1.82, 2.24) is 14.8 Å². The molecule has 2 aromatic carbocycles. The maximum atomic E-state index is 12.5. The number of aromatic nitrogens is 3. The second kappa shape index (κ2) is 11.1. The smallest absolute Gasteiger partial charge is 0.364 e. The summed E-state index contributed by atoms with van der Waals surface area (Å²) in [5.74, 6) is 0.794. The summed E-state index contributed by atoms with van der Waals surface area (Å²) in [6.07, 6.45) is 0.570. The van der Waals surface area contributed by atoms with Gasteiger partial charge < -0.3 is 19.0 Å². The largest absolute Gasteiger partial charge is 0.496 e. The van der Waals surface area contributed by atoms with E-state index >= 15 is 0 Å². The Kier molecular flexibility index (Phi) is 8.23. The lowest BCUT2D eigenvalue weighted by molar-refractivity contribution is -0.117. The highest BCUT2D eigenvalue weighted by Gasteiger charge is 2.19. The molecule has 0 unspecified atom stereocenters. The average Bonchev–Trinajstić information content (AvgIpc) is 2.79. The number of H-pyrrole nitrogens is 1. The number of ketones is 1. The topological polar surface area (TPSA) is 130 Å². The molecule has 0 aliphatic heterocycles. The SMILES string of the molecule is COc1ccc(Oc2c(C)cc(-n3nc(C(=O)OCCCC(C)=O)c(=O)[nH]c3=O)cc2C)cc1Br. The molecule has 1 heterocycles. The van der Waals surface area contributed by atoms with E-state index in [0.29, 0.717) is 40.5 Å². The summed E-state index contributed by atoms with van der Waals surface area (Å²) >= 11 is 3.42. The van der Waals surface area contributed by atoms with E-state index < -0.39 is 22.9 Å². The van der Waals surface area contributed by atoms with Crippen LogP contribution in [0.25, 0.3) is 5.69 Å². The summed E-state index contributed by atoms with van der Waals surface area (Å²) in [6, 6.07) is 8.60. The van der Waals surface area contributed by atoms with Crippen LogP contribution in [-0.2, 0) is 9.53 Å². The van der Waals surface area contributed by atoms with Crippen LogP contribution in [0.4, 0.5) is 0 Å². The van der Waals surface area contributed by atoms with Crippen molar-refractivity contribution in [1.29, 1.82) is 0 Å². The molecule has 1 N–H and O–H groups in total. The highest BCUT2D eigenvalue weighted by Crippen LogP contribution is 2.34. The van der Waals surface area contributed by atoms with Crippen molar-refractivity contribution in [3.05, 3.63) is 72.5 Å². The van der Waals surface area contributed by atoms with Crippen molar-refractivity contribution in [2.75, 3.05) is 13.7 Å². The number of halogens is 1. The van der Waals surface area contributed by atoms with Crippen LogP contribution in [-0.4, -0.2) is 40.2 Å². The summed E-state index contributed by atoms with van der Waals surface area (Å²) in [5, 5.41) is 3.94. The number of rotatable bonds is 9. The number of ether oxygens (including phenoxy) is 3. The maximum Gasteiger partial charge on any atom is 0.364 e. The van der Waals surface area contributed by atoms with Crippen molar-refractivity contribution in [3.8, 4) is 22.9 Å². The molecule has 3 aromatic rings. The maximum absolute atomic E-state index is 12.5. The molecule has 11 heteroatoms. The van der Waals surface area contributed by atoms with Crippen molar-refractivity contribution in [2.24, 2.45) is 0 Å². The van der Waals surface area contributed by atoms with Crippen LogP contribution in [0.15, 0.2) is 44.4 Å². The van der Waals surface area contributed by atoms with Crippen LogP contribution in [0.2, 0.25) is 0 Å². The lowest BCUT2D eigenvalue weighted by Crippen LogP contribution is -2.36. The van der Waals surface area contributed by atoms with E-state index in [-0.39, 0.29) is 18.8 Å². The molecule has 0 fully saturated rings. The van der Waals surface area contributed by atoms with Gasteiger partial charge in [0.2, 0.25) is 5.69 Å². The van der Waals surface area contributed by atoms with Crippen LogP contribution in [0.3, 0.4) is 0 Å².